The van der Waals surface area contributed by atoms with E-state index in [1.807, 2.05) is 12.1 Å². The Morgan fingerprint density at radius 2 is 2.26 bits per heavy atom. The molecule has 0 unspecified atom stereocenters. The van der Waals surface area contributed by atoms with Gasteiger partial charge in [0.1, 0.15) is 0 Å². The van der Waals surface area contributed by atoms with Gasteiger partial charge in [-0.2, -0.15) is 0 Å². The Morgan fingerprint density at radius 1 is 1.32 bits per heavy atom. The first-order valence-electron chi connectivity index (χ1n) is 5.72. The summed E-state index contributed by atoms with van der Waals surface area (Å²) in [5.74, 6) is 0.713. The van der Waals surface area contributed by atoms with Crippen LogP contribution in [0.5, 0.6) is 5.75 Å². The van der Waals surface area contributed by atoms with Crippen LogP contribution in [-0.2, 0) is 4.74 Å². The summed E-state index contributed by atoms with van der Waals surface area (Å²) in [6, 6.07) is 9.24. The van der Waals surface area contributed by atoms with Gasteiger partial charge in [-0.25, -0.2) is 0 Å². The summed E-state index contributed by atoms with van der Waals surface area (Å²) >= 11 is 1.74. The predicted octanol–water partition coefficient (Wildman–Crippen LogP) is 0.102. The SMILES string of the molecule is N#Cc1cccc(OCCOCC2=CSC=C[I-]2)c1. The fourth-order valence-corrected chi connectivity index (χ4v) is 4.53. The van der Waals surface area contributed by atoms with Crippen molar-refractivity contribution in [3.8, 4) is 11.8 Å². The molecule has 2 rings (SSSR count). The van der Waals surface area contributed by atoms with Crippen molar-refractivity contribution in [1.29, 1.82) is 5.26 Å². The monoisotopic (exact) mass is 386 g/mol. The molecule has 0 aromatic heterocycles. The maximum atomic E-state index is 8.78. The van der Waals surface area contributed by atoms with Crippen LogP contribution in [-0.4, -0.2) is 19.8 Å². The van der Waals surface area contributed by atoms with E-state index in [0.29, 0.717) is 31.1 Å². The molecule has 5 heteroatoms. The average molecular weight is 386 g/mol. The predicted molar refractivity (Wildman–Crippen MR) is 72.3 cm³/mol. The van der Waals surface area contributed by atoms with Gasteiger partial charge < -0.3 is 0 Å². The summed E-state index contributed by atoms with van der Waals surface area (Å²) in [5, 5.41) is 13.1. The normalized spacial score (nSPS) is 14.2. The van der Waals surface area contributed by atoms with Crippen molar-refractivity contribution in [2.75, 3.05) is 19.8 Å². The topological polar surface area (TPSA) is 42.2 Å². The van der Waals surface area contributed by atoms with Crippen LogP contribution in [0, 0.1) is 11.3 Å². The van der Waals surface area contributed by atoms with Crippen molar-refractivity contribution in [3.63, 3.8) is 0 Å². The summed E-state index contributed by atoms with van der Waals surface area (Å²) in [5.41, 5.74) is 0.611. The van der Waals surface area contributed by atoms with Gasteiger partial charge in [-0.3, -0.25) is 0 Å². The molecule has 1 aliphatic heterocycles. The molecule has 0 spiro atoms. The van der Waals surface area contributed by atoms with Gasteiger partial charge in [0, 0.05) is 0 Å². The van der Waals surface area contributed by atoms with Gasteiger partial charge in [0.15, 0.2) is 0 Å². The molecule has 0 radical (unpaired) electrons. The van der Waals surface area contributed by atoms with Crippen LogP contribution in [0.1, 0.15) is 5.56 Å². The summed E-state index contributed by atoms with van der Waals surface area (Å²) in [4.78, 5) is 0. The molecular formula is C14H13INO2S-. The first-order valence-corrected chi connectivity index (χ1v) is 8.99. The molecule has 0 atom stereocenters. The molecular weight excluding hydrogens is 373 g/mol. The van der Waals surface area contributed by atoms with E-state index in [4.69, 9.17) is 14.7 Å². The Labute approximate surface area is 127 Å². The first kappa shape index (κ1) is 14.4. The molecule has 1 aliphatic rings. The van der Waals surface area contributed by atoms with Crippen molar-refractivity contribution in [1.82, 2.24) is 0 Å². The molecule has 0 N–H and O–H groups in total. The Morgan fingerprint density at radius 3 is 3.05 bits per heavy atom. The second-order valence-corrected chi connectivity index (χ2v) is 7.12. The van der Waals surface area contributed by atoms with Crippen LogP contribution in [0.15, 0.2) is 42.7 Å². The van der Waals surface area contributed by atoms with E-state index in [1.165, 1.54) is 3.58 Å². The van der Waals surface area contributed by atoms with Gasteiger partial charge in [-0.15, -0.1) is 0 Å². The molecule has 0 saturated heterocycles. The van der Waals surface area contributed by atoms with Crippen molar-refractivity contribution >= 4 is 11.8 Å². The van der Waals surface area contributed by atoms with Crippen molar-refractivity contribution in [2.45, 2.75) is 0 Å². The van der Waals surface area contributed by atoms with Gasteiger partial charge >= 0.3 is 128 Å². The zero-order valence-electron chi connectivity index (χ0n) is 10.2. The van der Waals surface area contributed by atoms with Crippen LogP contribution in [0.4, 0.5) is 0 Å². The van der Waals surface area contributed by atoms with Crippen LogP contribution >= 0.6 is 11.8 Å². The number of rotatable bonds is 6. The molecule has 0 fully saturated rings. The first-order chi connectivity index (χ1) is 9.38. The molecule has 3 nitrogen and oxygen atoms in total. The van der Waals surface area contributed by atoms with E-state index in [9.17, 15) is 0 Å². The molecule has 19 heavy (non-hydrogen) atoms. The Balaban J connectivity index is 1.64. The number of halogens is 1. The molecule has 0 aliphatic carbocycles. The van der Waals surface area contributed by atoms with Gasteiger partial charge in [0.2, 0.25) is 0 Å². The van der Waals surface area contributed by atoms with Crippen molar-refractivity contribution in [2.24, 2.45) is 0 Å². The van der Waals surface area contributed by atoms with E-state index in [-0.39, 0.29) is 21.2 Å². The number of benzene rings is 1. The Kier molecular flexibility index (Phi) is 6.27. The second-order valence-electron chi connectivity index (χ2n) is 3.61. The minimum absolute atomic E-state index is 0.0330. The summed E-state index contributed by atoms with van der Waals surface area (Å²) in [6.45, 7) is 1.77. The second kappa shape index (κ2) is 8.25. The third-order valence-electron chi connectivity index (χ3n) is 2.23. The van der Waals surface area contributed by atoms with E-state index in [1.54, 1.807) is 23.9 Å². The number of thioether (sulfide) groups is 1. The molecule has 0 bridgehead atoms. The quantitative estimate of drug-likeness (QED) is 0.514. The maximum absolute atomic E-state index is 8.78. The van der Waals surface area contributed by atoms with Crippen molar-refractivity contribution in [3.05, 3.63) is 48.3 Å². The number of hydrogen-bond acceptors (Lipinski definition) is 4. The third kappa shape index (κ3) is 5.27. The Hall–Kier alpha value is -0.970. The zero-order chi connectivity index (χ0) is 13.3. The van der Waals surface area contributed by atoms with E-state index in [0.717, 1.165) is 0 Å². The zero-order valence-corrected chi connectivity index (χ0v) is 13.2. The summed E-state index contributed by atoms with van der Waals surface area (Å²) < 4.78 is 14.7. The van der Waals surface area contributed by atoms with E-state index >= 15 is 0 Å². The fourth-order valence-electron chi connectivity index (χ4n) is 1.38. The van der Waals surface area contributed by atoms with Crippen LogP contribution in [0.3, 0.4) is 0 Å². The van der Waals surface area contributed by atoms with Gasteiger partial charge in [-0.1, -0.05) is 0 Å². The number of hydrogen-bond donors (Lipinski definition) is 0. The van der Waals surface area contributed by atoms with Crippen molar-refractivity contribution < 1.29 is 30.7 Å². The van der Waals surface area contributed by atoms with Crippen LogP contribution in [0.25, 0.3) is 0 Å². The average Bonchev–Trinajstić information content (AvgIpc) is 2.48. The number of ether oxygens (including phenoxy) is 2. The molecule has 100 valence electrons. The molecule has 1 aromatic rings. The van der Waals surface area contributed by atoms with Gasteiger partial charge in [0.25, 0.3) is 0 Å². The number of nitriles is 1. The van der Waals surface area contributed by atoms with Gasteiger partial charge in [-0.05, 0) is 0 Å². The van der Waals surface area contributed by atoms with Gasteiger partial charge in [0.05, 0.1) is 0 Å². The number of nitrogens with zero attached hydrogens (tertiary/aromatic N) is 1. The molecule has 0 saturated carbocycles. The summed E-state index contributed by atoms with van der Waals surface area (Å²) in [6.07, 6.45) is 0. The van der Waals surface area contributed by atoms with E-state index < -0.39 is 0 Å². The molecule has 1 aromatic carbocycles. The van der Waals surface area contributed by atoms with Crippen LogP contribution < -0.4 is 25.9 Å². The van der Waals surface area contributed by atoms with E-state index in [2.05, 4.69) is 21.0 Å². The third-order valence-corrected chi connectivity index (χ3v) is 5.99. The van der Waals surface area contributed by atoms with Crippen LogP contribution in [0.2, 0.25) is 0 Å². The fraction of sp³-hybridized carbons (Fsp3) is 0.214. The molecule has 1 heterocycles. The Bertz CT molecular complexity index is 522. The molecule has 0 amide bonds. The minimum atomic E-state index is 0.0330. The standard InChI is InChI=1S/C14H13INO2S/c16-9-12-2-1-3-14(8-12)18-6-5-17-10-13-11-19-7-4-15-13/h1-4,7-8,11H,5-6,10H2/q-1. The summed E-state index contributed by atoms with van der Waals surface area (Å²) in [7, 11) is 0.